The van der Waals surface area contributed by atoms with E-state index in [2.05, 4.69) is 28.1 Å². The number of aliphatic hydroxyl groups excluding tert-OH is 1. The summed E-state index contributed by atoms with van der Waals surface area (Å²) in [4.78, 5) is 28.3. The van der Waals surface area contributed by atoms with E-state index in [9.17, 15) is 24.9 Å². The van der Waals surface area contributed by atoms with Gasteiger partial charge >= 0.3 is 11.9 Å². The maximum atomic E-state index is 12.3. The minimum absolute atomic E-state index is 0.0336. The van der Waals surface area contributed by atoms with Crippen LogP contribution in [0.25, 0.3) is 0 Å². The molecule has 1 fully saturated rings. The van der Waals surface area contributed by atoms with Gasteiger partial charge in [-0.1, -0.05) is 13.0 Å². The maximum absolute atomic E-state index is 12.3. The monoisotopic (exact) mass is 825 g/mol. The molecular weight excluding hydrogens is 767 g/mol. The van der Waals surface area contributed by atoms with E-state index >= 15 is 0 Å². The highest BCUT2D eigenvalue weighted by atomic mass is 32.2. The summed E-state index contributed by atoms with van der Waals surface area (Å²) in [6.07, 6.45) is 0.858. The molecule has 0 aliphatic carbocycles. The predicted octanol–water partition coefficient (Wildman–Crippen LogP) is 5.10. The number of aryl methyl sites for hydroxylation is 2. The Morgan fingerprint density at radius 2 is 1.71 bits per heavy atom. The first-order valence-electron chi connectivity index (χ1n) is 19.7. The number of rotatable bonds is 14. The lowest BCUT2D eigenvalue weighted by Gasteiger charge is -2.50. The molecule has 4 N–H and O–H groups in total. The van der Waals surface area contributed by atoms with Crippen LogP contribution in [0.4, 0.5) is 0 Å². The van der Waals surface area contributed by atoms with Gasteiger partial charge in [0.25, 0.3) is 0 Å². The lowest BCUT2D eigenvalue weighted by molar-refractivity contribution is -0.142. The molecule has 318 valence electrons. The Morgan fingerprint density at radius 1 is 0.966 bits per heavy atom. The lowest BCUT2D eigenvalue weighted by atomic mass is 9.80. The Hall–Kier alpha value is -4.41. The van der Waals surface area contributed by atoms with Crippen molar-refractivity contribution in [3.05, 3.63) is 62.7 Å². The first-order valence-corrected chi connectivity index (χ1v) is 20.8. The average molecular weight is 826 g/mol. The van der Waals surface area contributed by atoms with E-state index in [1.165, 1.54) is 19.6 Å². The SMILES string of the molecule is CCOC(=O)CNCCc1cc(O)c(OC)cc1CSC[C@@H]1c2c(c3c(c(C)c2OC(C)=O)OCO3)CN2C(O)CN(C)CC12.CCc1cc(C)c(OC)c(O)c1C. The summed E-state index contributed by atoms with van der Waals surface area (Å²) in [5.41, 5.74) is 7.57. The van der Waals surface area contributed by atoms with Gasteiger partial charge in [0.2, 0.25) is 6.79 Å². The number of hydrogen-bond donors (Lipinski definition) is 4. The number of carbonyl (C=O) groups excluding carboxylic acids is 2. The van der Waals surface area contributed by atoms with Crippen LogP contribution in [0.5, 0.6) is 40.2 Å². The highest BCUT2D eigenvalue weighted by Crippen LogP contribution is 2.53. The second-order valence-corrected chi connectivity index (χ2v) is 15.8. The molecule has 3 aliphatic heterocycles. The number of thioether (sulfide) groups is 1. The third-order valence-electron chi connectivity index (χ3n) is 10.9. The van der Waals surface area contributed by atoms with Crippen LogP contribution in [-0.2, 0) is 39.5 Å². The van der Waals surface area contributed by atoms with Crippen molar-refractivity contribution >= 4 is 23.7 Å². The Morgan fingerprint density at radius 3 is 2.38 bits per heavy atom. The van der Waals surface area contributed by atoms with Crippen molar-refractivity contribution in [3.8, 4) is 40.2 Å². The van der Waals surface area contributed by atoms with Gasteiger partial charge < -0.3 is 54.0 Å². The van der Waals surface area contributed by atoms with Gasteiger partial charge in [-0.25, -0.2) is 0 Å². The zero-order chi connectivity index (χ0) is 42.3. The van der Waals surface area contributed by atoms with Crippen LogP contribution in [0.2, 0.25) is 0 Å². The number of esters is 2. The number of phenols is 2. The molecule has 0 aromatic heterocycles. The number of nitrogens with one attached hydrogen (secondary N) is 1. The minimum atomic E-state index is -0.666. The van der Waals surface area contributed by atoms with Crippen LogP contribution in [-0.4, -0.2) is 116 Å². The normalized spacial score (nSPS) is 18.4. The number of carbonyl (C=O) groups is 2. The molecule has 3 heterocycles. The molecule has 15 heteroatoms. The molecule has 58 heavy (non-hydrogen) atoms. The number of aromatic hydroxyl groups is 2. The molecule has 0 spiro atoms. The first kappa shape index (κ1) is 44.7. The number of ether oxygens (including phenoxy) is 6. The van der Waals surface area contributed by atoms with Gasteiger partial charge in [0.05, 0.1) is 27.4 Å². The third kappa shape index (κ3) is 9.88. The van der Waals surface area contributed by atoms with E-state index in [0.29, 0.717) is 72.9 Å². The quantitative estimate of drug-likeness (QED) is 0.0962. The van der Waals surface area contributed by atoms with Gasteiger partial charge in [0.1, 0.15) is 12.0 Å². The number of fused-ring (bicyclic) bond motifs is 4. The predicted molar refractivity (Wildman–Crippen MR) is 222 cm³/mol. The Bertz CT molecular complexity index is 1960. The minimum Gasteiger partial charge on any atom is -0.504 e. The van der Waals surface area contributed by atoms with Crippen LogP contribution in [0.15, 0.2) is 18.2 Å². The van der Waals surface area contributed by atoms with Crippen molar-refractivity contribution in [2.75, 3.05) is 66.6 Å². The molecule has 3 atom stereocenters. The van der Waals surface area contributed by atoms with E-state index < -0.39 is 12.2 Å². The van der Waals surface area contributed by atoms with Crippen molar-refractivity contribution < 1.29 is 53.3 Å². The standard InChI is InChI=1S/C32H43N3O9S.C11H16O2/c1-6-41-28(39)11-33-8-7-20-9-25(37)26(40-5)10-21(20)15-45-16-23-24-13-34(4)14-27(38)35(24)12-22-29(23)30(44-19(3)36)18(2)31-32(22)43-17-42-31;1-5-9-6-7(2)11(13-4)10(12)8(9)3/h9-10,23-24,27,33,37-38H,6-8,11-17H2,1-5H3;6,12H,5H2,1-4H3/t23-,24?,27?;/m0./s1. The van der Waals surface area contributed by atoms with Crippen molar-refractivity contribution in [1.82, 2.24) is 15.1 Å². The molecule has 6 rings (SSSR count). The Kier molecular flexibility index (Phi) is 15.4. The summed E-state index contributed by atoms with van der Waals surface area (Å²) >= 11 is 1.72. The zero-order valence-corrected chi connectivity index (χ0v) is 36.0. The summed E-state index contributed by atoms with van der Waals surface area (Å²) in [7, 11) is 5.10. The number of hydrogen-bond acceptors (Lipinski definition) is 15. The van der Waals surface area contributed by atoms with Gasteiger partial charge in [-0.3, -0.25) is 14.5 Å². The zero-order valence-electron chi connectivity index (χ0n) is 35.2. The molecule has 1 saturated heterocycles. The third-order valence-corrected chi connectivity index (χ3v) is 12.0. The highest BCUT2D eigenvalue weighted by Gasteiger charge is 2.46. The number of aliphatic hydroxyl groups is 1. The maximum Gasteiger partial charge on any atom is 0.319 e. The molecule has 3 aromatic carbocycles. The van der Waals surface area contributed by atoms with Crippen LogP contribution >= 0.6 is 11.8 Å². The smallest absolute Gasteiger partial charge is 0.319 e. The summed E-state index contributed by atoms with van der Waals surface area (Å²) in [5.74, 6) is 3.51. The second-order valence-electron chi connectivity index (χ2n) is 14.8. The fourth-order valence-corrected chi connectivity index (χ4v) is 9.35. The van der Waals surface area contributed by atoms with Crippen molar-refractivity contribution in [1.29, 1.82) is 0 Å². The number of β-amino-alcohol motifs (C(OH)–C–C–N with tert-alkyl or cyclic N) is 1. The van der Waals surface area contributed by atoms with Crippen LogP contribution in [0, 0.1) is 20.8 Å². The van der Waals surface area contributed by atoms with Crippen molar-refractivity contribution in [2.24, 2.45) is 0 Å². The molecule has 0 saturated carbocycles. The summed E-state index contributed by atoms with van der Waals surface area (Å²) in [6.45, 7) is 13.7. The summed E-state index contributed by atoms with van der Waals surface area (Å²) < 4.78 is 33.2. The molecule has 0 amide bonds. The van der Waals surface area contributed by atoms with E-state index in [1.54, 1.807) is 31.9 Å². The first-order chi connectivity index (χ1) is 27.7. The number of likely N-dealkylation sites (N-methyl/N-ethyl adjacent to an activating group) is 1. The molecular formula is C43H59N3O11S. The second kappa shape index (κ2) is 20.0. The van der Waals surface area contributed by atoms with Crippen molar-refractivity contribution in [3.63, 3.8) is 0 Å². The fourth-order valence-electron chi connectivity index (χ4n) is 8.10. The number of piperazine rings is 1. The van der Waals surface area contributed by atoms with Crippen LogP contribution < -0.4 is 29.0 Å². The van der Waals surface area contributed by atoms with Crippen molar-refractivity contribution in [2.45, 2.75) is 84.9 Å². The van der Waals surface area contributed by atoms with Gasteiger partial charge in [-0.05, 0) is 94.1 Å². The highest BCUT2D eigenvalue weighted by molar-refractivity contribution is 7.98. The average Bonchev–Trinajstić information content (AvgIpc) is 3.68. The molecule has 14 nitrogen and oxygen atoms in total. The van der Waals surface area contributed by atoms with Crippen LogP contribution in [0.3, 0.4) is 0 Å². The fraction of sp³-hybridized carbons (Fsp3) is 0.535. The molecule has 3 aliphatic rings. The van der Waals surface area contributed by atoms with E-state index in [0.717, 1.165) is 51.9 Å². The molecule has 2 unspecified atom stereocenters. The largest absolute Gasteiger partial charge is 0.504 e. The van der Waals surface area contributed by atoms with Gasteiger partial charge in [-0.2, -0.15) is 11.8 Å². The lowest BCUT2D eigenvalue weighted by Crippen LogP contribution is -2.61. The topological polar surface area (TPSA) is 169 Å². The molecule has 0 bridgehead atoms. The number of phenolic OH excluding ortho intramolecular Hbond substituents is 2. The number of benzene rings is 3. The molecule has 3 aromatic rings. The van der Waals surface area contributed by atoms with E-state index in [-0.39, 0.29) is 42.8 Å². The van der Waals surface area contributed by atoms with E-state index in [4.69, 9.17) is 28.4 Å². The number of methoxy groups -OCH3 is 2. The Balaban J connectivity index is 0.000000419. The van der Waals surface area contributed by atoms with Gasteiger partial charge in [0, 0.05) is 66.7 Å². The van der Waals surface area contributed by atoms with Gasteiger partial charge in [0.15, 0.2) is 34.5 Å². The van der Waals surface area contributed by atoms with E-state index in [1.807, 2.05) is 33.9 Å². The summed E-state index contributed by atoms with van der Waals surface area (Å²) in [6, 6.07) is 5.60. The summed E-state index contributed by atoms with van der Waals surface area (Å²) in [5, 5.41) is 34.6. The van der Waals surface area contributed by atoms with Gasteiger partial charge in [-0.15, -0.1) is 0 Å². The molecule has 0 radical (unpaired) electrons. The Labute approximate surface area is 345 Å². The number of nitrogens with zero attached hydrogens (tertiary/aromatic N) is 2. The van der Waals surface area contributed by atoms with Crippen LogP contribution in [0.1, 0.15) is 71.2 Å².